The molecule has 132 valence electrons. The normalized spacial score (nSPS) is 11.8. The lowest BCUT2D eigenvalue weighted by Crippen LogP contribution is -2.15. The van der Waals surface area contributed by atoms with Gasteiger partial charge in [-0.1, -0.05) is 57.4 Å². The van der Waals surface area contributed by atoms with E-state index in [-0.39, 0.29) is 11.8 Å². The lowest BCUT2D eigenvalue weighted by Gasteiger charge is -2.20. The summed E-state index contributed by atoms with van der Waals surface area (Å²) < 4.78 is 1.01. The molecule has 0 saturated heterocycles. The van der Waals surface area contributed by atoms with Gasteiger partial charge in [-0.2, -0.15) is 0 Å². The van der Waals surface area contributed by atoms with Crippen LogP contribution in [0.3, 0.4) is 0 Å². The monoisotopic (exact) mass is 427 g/mol. The molecule has 0 aliphatic heterocycles. The zero-order valence-corrected chi connectivity index (χ0v) is 16.7. The van der Waals surface area contributed by atoms with Crippen LogP contribution in [0.4, 0.5) is 5.69 Å². The maximum absolute atomic E-state index is 12.8. The summed E-state index contributed by atoms with van der Waals surface area (Å²) >= 11 is 9.39. The number of benzene rings is 3. The molecule has 0 heterocycles. The van der Waals surface area contributed by atoms with E-state index in [1.165, 1.54) is 5.56 Å². The van der Waals surface area contributed by atoms with Crippen LogP contribution in [0.1, 0.15) is 33.9 Å². The maximum Gasteiger partial charge on any atom is 0.165 e. The van der Waals surface area contributed by atoms with Crippen LogP contribution in [-0.4, -0.2) is 5.78 Å². The minimum absolute atomic E-state index is 0.0780. The van der Waals surface area contributed by atoms with E-state index in [9.17, 15) is 4.79 Å². The molecule has 0 saturated carbocycles. The molecule has 0 aliphatic rings. The van der Waals surface area contributed by atoms with E-state index in [0.29, 0.717) is 17.0 Å². The topological polar surface area (TPSA) is 29.1 Å². The number of Topliss-reactive ketones (excluding diaryl/α,β-unsaturated/α-hetero) is 1. The number of rotatable bonds is 6. The second-order valence-electron chi connectivity index (χ2n) is 6.25. The summed E-state index contributed by atoms with van der Waals surface area (Å²) in [5.74, 6) is 0.0780. The smallest absolute Gasteiger partial charge is 0.165 e. The molecular formula is C22H19BrClNO. The molecule has 0 fully saturated rings. The molecule has 1 N–H and O–H groups in total. The van der Waals surface area contributed by atoms with Crippen LogP contribution in [0.2, 0.25) is 5.02 Å². The van der Waals surface area contributed by atoms with Gasteiger partial charge in [0.25, 0.3) is 0 Å². The Bertz CT molecular complexity index is 874. The number of anilines is 1. The summed E-state index contributed by atoms with van der Waals surface area (Å²) in [6.07, 6.45) is 0.358. The van der Waals surface area contributed by atoms with Gasteiger partial charge in [-0.25, -0.2) is 0 Å². The van der Waals surface area contributed by atoms with E-state index in [1.54, 1.807) is 24.3 Å². The molecule has 3 aromatic rings. The first-order valence-electron chi connectivity index (χ1n) is 8.39. The zero-order valence-electron chi connectivity index (χ0n) is 14.4. The summed E-state index contributed by atoms with van der Waals surface area (Å²) in [7, 11) is 0. The van der Waals surface area contributed by atoms with Gasteiger partial charge in [0, 0.05) is 27.2 Å². The van der Waals surface area contributed by atoms with Gasteiger partial charge in [0.05, 0.1) is 6.04 Å². The van der Waals surface area contributed by atoms with Crippen molar-refractivity contribution in [3.8, 4) is 0 Å². The standard InChI is InChI=1S/C22H19BrClNO/c1-15-2-12-20(13-3-15)25-21(16-4-8-18(23)9-5-16)14-22(26)17-6-10-19(24)11-7-17/h2-13,21,25H,14H2,1H3. The Labute approximate surface area is 167 Å². The Morgan fingerprint density at radius 1 is 0.962 bits per heavy atom. The van der Waals surface area contributed by atoms with E-state index >= 15 is 0 Å². The van der Waals surface area contributed by atoms with Gasteiger partial charge < -0.3 is 5.32 Å². The van der Waals surface area contributed by atoms with Crippen LogP contribution in [0, 0.1) is 6.92 Å². The van der Waals surface area contributed by atoms with E-state index in [1.807, 2.05) is 36.4 Å². The molecule has 3 aromatic carbocycles. The molecule has 2 nitrogen and oxygen atoms in total. The summed E-state index contributed by atoms with van der Waals surface area (Å²) in [6, 6.07) is 23.2. The van der Waals surface area contributed by atoms with E-state index in [0.717, 1.165) is 15.7 Å². The van der Waals surface area contributed by atoms with Gasteiger partial charge in [0.15, 0.2) is 5.78 Å². The highest BCUT2D eigenvalue weighted by molar-refractivity contribution is 9.10. The molecule has 26 heavy (non-hydrogen) atoms. The molecule has 0 aliphatic carbocycles. The Hall–Kier alpha value is -2.10. The van der Waals surface area contributed by atoms with Gasteiger partial charge in [-0.3, -0.25) is 4.79 Å². The molecule has 1 atom stereocenters. The Balaban J connectivity index is 1.84. The van der Waals surface area contributed by atoms with Crippen LogP contribution in [0.25, 0.3) is 0 Å². The average Bonchev–Trinajstić information content (AvgIpc) is 2.64. The predicted molar refractivity (Wildman–Crippen MR) is 112 cm³/mol. The predicted octanol–water partition coefficient (Wildman–Crippen LogP) is 6.84. The zero-order chi connectivity index (χ0) is 18.5. The largest absolute Gasteiger partial charge is 0.378 e. The summed E-state index contributed by atoms with van der Waals surface area (Å²) in [5.41, 5.74) is 3.93. The van der Waals surface area contributed by atoms with Crippen molar-refractivity contribution in [2.75, 3.05) is 5.32 Å². The lowest BCUT2D eigenvalue weighted by atomic mass is 9.97. The third-order valence-electron chi connectivity index (χ3n) is 4.22. The van der Waals surface area contributed by atoms with Crippen molar-refractivity contribution in [2.24, 2.45) is 0 Å². The second-order valence-corrected chi connectivity index (χ2v) is 7.60. The molecule has 0 spiro atoms. The number of nitrogens with one attached hydrogen (secondary N) is 1. The summed E-state index contributed by atoms with van der Waals surface area (Å²) in [4.78, 5) is 12.8. The van der Waals surface area contributed by atoms with Crippen LogP contribution in [0.15, 0.2) is 77.3 Å². The Morgan fingerprint density at radius 2 is 1.58 bits per heavy atom. The molecule has 0 radical (unpaired) electrons. The molecule has 1 unspecified atom stereocenters. The first kappa shape index (κ1) is 18.7. The third-order valence-corrected chi connectivity index (χ3v) is 5.00. The SMILES string of the molecule is Cc1ccc(NC(CC(=O)c2ccc(Cl)cc2)c2ccc(Br)cc2)cc1. The van der Waals surface area contributed by atoms with Gasteiger partial charge in [0.2, 0.25) is 0 Å². The maximum atomic E-state index is 12.8. The van der Waals surface area contributed by atoms with E-state index < -0.39 is 0 Å². The highest BCUT2D eigenvalue weighted by atomic mass is 79.9. The molecule has 0 amide bonds. The van der Waals surface area contributed by atoms with Crippen molar-refractivity contribution in [2.45, 2.75) is 19.4 Å². The average molecular weight is 429 g/mol. The van der Waals surface area contributed by atoms with Gasteiger partial charge >= 0.3 is 0 Å². The summed E-state index contributed by atoms with van der Waals surface area (Å²) in [6.45, 7) is 2.06. The van der Waals surface area contributed by atoms with E-state index in [4.69, 9.17) is 11.6 Å². The van der Waals surface area contributed by atoms with Gasteiger partial charge in [0.1, 0.15) is 0 Å². The van der Waals surface area contributed by atoms with Crippen LogP contribution in [0.5, 0.6) is 0 Å². The first-order chi connectivity index (χ1) is 12.5. The second kappa shape index (κ2) is 8.52. The fourth-order valence-corrected chi connectivity index (χ4v) is 3.13. The molecule has 0 bridgehead atoms. The fraction of sp³-hybridized carbons (Fsp3) is 0.136. The minimum Gasteiger partial charge on any atom is -0.378 e. The molecule has 4 heteroatoms. The third kappa shape index (κ3) is 4.96. The molecule has 0 aromatic heterocycles. The Morgan fingerprint density at radius 3 is 2.19 bits per heavy atom. The number of aryl methyl sites for hydroxylation is 1. The van der Waals surface area contributed by atoms with Crippen LogP contribution < -0.4 is 5.32 Å². The van der Waals surface area contributed by atoms with Crippen molar-refractivity contribution in [1.29, 1.82) is 0 Å². The summed E-state index contributed by atoms with van der Waals surface area (Å²) in [5, 5.41) is 4.12. The number of ketones is 1. The van der Waals surface area contributed by atoms with Crippen molar-refractivity contribution < 1.29 is 4.79 Å². The van der Waals surface area contributed by atoms with E-state index in [2.05, 4.69) is 40.3 Å². The number of hydrogen-bond donors (Lipinski definition) is 1. The Kier molecular flexibility index (Phi) is 6.12. The fourth-order valence-electron chi connectivity index (χ4n) is 2.74. The first-order valence-corrected chi connectivity index (χ1v) is 9.56. The van der Waals surface area contributed by atoms with Gasteiger partial charge in [-0.15, -0.1) is 0 Å². The number of hydrogen-bond acceptors (Lipinski definition) is 2. The number of carbonyl (C=O) groups is 1. The number of halogens is 2. The van der Waals surface area contributed by atoms with Gasteiger partial charge in [-0.05, 0) is 61.0 Å². The van der Waals surface area contributed by atoms with Crippen molar-refractivity contribution in [3.63, 3.8) is 0 Å². The molecule has 3 rings (SSSR count). The highest BCUT2D eigenvalue weighted by Gasteiger charge is 2.17. The van der Waals surface area contributed by atoms with Crippen molar-refractivity contribution >= 4 is 39.0 Å². The van der Waals surface area contributed by atoms with Crippen LogP contribution >= 0.6 is 27.5 Å². The van der Waals surface area contributed by atoms with Crippen LogP contribution in [-0.2, 0) is 0 Å². The molecular weight excluding hydrogens is 410 g/mol. The van der Waals surface area contributed by atoms with Crippen molar-refractivity contribution in [3.05, 3.63) is 99.0 Å². The highest BCUT2D eigenvalue weighted by Crippen LogP contribution is 2.26. The minimum atomic E-state index is -0.117. The quantitative estimate of drug-likeness (QED) is 0.436. The van der Waals surface area contributed by atoms with Crippen molar-refractivity contribution in [1.82, 2.24) is 0 Å². The number of carbonyl (C=O) groups excluding carboxylic acids is 1. The lowest BCUT2D eigenvalue weighted by molar-refractivity contribution is 0.0976.